The first-order valence-electron chi connectivity index (χ1n) is 7.73. The third-order valence-electron chi connectivity index (χ3n) is 3.32. The van der Waals surface area contributed by atoms with E-state index in [-0.39, 0.29) is 23.7 Å². The Morgan fingerprint density at radius 1 is 1.11 bits per heavy atom. The summed E-state index contributed by atoms with van der Waals surface area (Å²) in [4.78, 5) is 22.4. The van der Waals surface area contributed by atoms with E-state index in [1.165, 1.54) is 7.11 Å². The molecule has 0 spiro atoms. The Labute approximate surface area is 153 Å². The van der Waals surface area contributed by atoms with Gasteiger partial charge >= 0.3 is 18.2 Å². The van der Waals surface area contributed by atoms with Gasteiger partial charge in [-0.15, -0.1) is 0 Å². The second-order valence-electron chi connectivity index (χ2n) is 5.33. The number of aromatic carboxylic acids is 1. The quantitative estimate of drug-likeness (QED) is 0.729. The normalized spacial score (nSPS) is 10.8. The molecule has 0 unspecified atom stereocenters. The molecule has 0 heterocycles. The van der Waals surface area contributed by atoms with Crippen LogP contribution in [0, 0.1) is 0 Å². The van der Waals surface area contributed by atoms with Crippen LogP contribution in [0.5, 0.6) is 11.5 Å². The van der Waals surface area contributed by atoms with Crippen molar-refractivity contribution in [2.24, 2.45) is 0 Å². The molecule has 0 saturated carbocycles. The number of carbonyl (C=O) groups is 2. The summed E-state index contributed by atoms with van der Waals surface area (Å²) < 4.78 is 42.1. The minimum Gasteiger partial charge on any atom is -0.493 e. The molecule has 0 atom stereocenters. The van der Waals surface area contributed by atoms with Crippen LogP contribution >= 0.6 is 0 Å². The molecule has 0 fully saturated rings. The van der Waals surface area contributed by atoms with Crippen LogP contribution in [0.1, 0.15) is 15.9 Å². The van der Waals surface area contributed by atoms with Gasteiger partial charge in [0.05, 0.1) is 12.7 Å². The summed E-state index contributed by atoms with van der Waals surface area (Å²) >= 11 is 0. The van der Waals surface area contributed by atoms with Crippen molar-refractivity contribution < 1.29 is 37.7 Å². The summed E-state index contributed by atoms with van der Waals surface area (Å²) in [5, 5.41) is 10.8. The van der Waals surface area contributed by atoms with Crippen molar-refractivity contribution in [3.63, 3.8) is 0 Å². The maximum absolute atomic E-state index is 13.9. The summed E-state index contributed by atoms with van der Waals surface area (Å²) in [7, 11) is 1.19. The molecule has 0 aliphatic rings. The number of carboxylic acids is 1. The van der Waals surface area contributed by atoms with E-state index < -0.39 is 24.7 Å². The fraction of sp³-hybridized carbons (Fsp3) is 0.222. The fourth-order valence-corrected chi connectivity index (χ4v) is 2.03. The summed E-state index contributed by atoms with van der Waals surface area (Å²) in [5.41, 5.74) is 0.559. The number of halogens is 2. The number of rotatable bonds is 8. The van der Waals surface area contributed by atoms with Crippen LogP contribution in [0.15, 0.2) is 48.5 Å². The van der Waals surface area contributed by atoms with Gasteiger partial charge in [0.2, 0.25) is 0 Å². The standard InChI is InChI=1S/C18H17F2NO6/c1-25-15-9-13(16(22)23)7-8-14(15)27-18(19,20)11-21-17(24)26-10-12-5-3-2-4-6-12/h2-9H,10-11H2,1H3,(H,21,24)(H,22,23). The van der Waals surface area contributed by atoms with Gasteiger partial charge < -0.3 is 24.6 Å². The number of carbonyl (C=O) groups excluding carboxylic acids is 1. The number of alkyl carbamates (subject to hydrolysis) is 1. The Hall–Kier alpha value is -3.36. The number of ether oxygens (including phenoxy) is 3. The molecule has 144 valence electrons. The van der Waals surface area contributed by atoms with Crippen LogP contribution in [0.2, 0.25) is 0 Å². The van der Waals surface area contributed by atoms with Crippen molar-refractivity contribution in [1.82, 2.24) is 5.32 Å². The summed E-state index contributed by atoms with van der Waals surface area (Å²) in [5.74, 6) is -1.79. The molecule has 0 bridgehead atoms. The molecule has 0 aliphatic carbocycles. The topological polar surface area (TPSA) is 94.1 Å². The molecule has 0 aliphatic heterocycles. The predicted molar refractivity (Wildman–Crippen MR) is 90.2 cm³/mol. The molecule has 1 amide bonds. The zero-order valence-electron chi connectivity index (χ0n) is 14.3. The van der Waals surface area contributed by atoms with E-state index in [9.17, 15) is 18.4 Å². The van der Waals surface area contributed by atoms with Crippen LogP contribution in [-0.2, 0) is 11.3 Å². The van der Waals surface area contributed by atoms with Gasteiger partial charge in [0.1, 0.15) is 13.2 Å². The molecule has 27 heavy (non-hydrogen) atoms. The summed E-state index contributed by atoms with van der Waals surface area (Å²) in [6.45, 7) is -1.21. The monoisotopic (exact) mass is 381 g/mol. The Balaban J connectivity index is 1.90. The van der Waals surface area contributed by atoms with E-state index in [4.69, 9.17) is 14.6 Å². The minimum atomic E-state index is -3.77. The zero-order chi connectivity index (χ0) is 19.9. The number of hydrogen-bond donors (Lipinski definition) is 2. The highest BCUT2D eigenvalue weighted by molar-refractivity contribution is 5.88. The third-order valence-corrected chi connectivity index (χ3v) is 3.32. The summed E-state index contributed by atoms with van der Waals surface area (Å²) in [6.07, 6.45) is -4.81. The van der Waals surface area contributed by atoms with Crippen LogP contribution in [0.25, 0.3) is 0 Å². The second kappa shape index (κ2) is 8.84. The van der Waals surface area contributed by atoms with Crippen molar-refractivity contribution in [2.45, 2.75) is 12.7 Å². The molecule has 2 aromatic rings. The molecular weight excluding hydrogens is 364 g/mol. The molecule has 0 saturated heterocycles. The smallest absolute Gasteiger partial charge is 0.415 e. The second-order valence-corrected chi connectivity index (χ2v) is 5.33. The Kier molecular flexibility index (Phi) is 6.53. The highest BCUT2D eigenvalue weighted by Crippen LogP contribution is 2.32. The van der Waals surface area contributed by atoms with Crippen LogP contribution in [0.4, 0.5) is 13.6 Å². The highest BCUT2D eigenvalue weighted by atomic mass is 19.3. The number of hydrogen-bond acceptors (Lipinski definition) is 5. The predicted octanol–water partition coefficient (Wildman–Crippen LogP) is 3.29. The molecule has 0 radical (unpaired) electrons. The minimum absolute atomic E-state index is 0.0659. The highest BCUT2D eigenvalue weighted by Gasteiger charge is 2.34. The van der Waals surface area contributed by atoms with Gasteiger partial charge in [0.25, 0.3) is 0 Å². The van der Waals surface area contributed by atoms with Crippen LogP contribution in [-0.4, -0.2) is 36.9 Å². The van der Waals surface area contributed by atoms with Crippen molar-refractivity contribution in [2.75, 3.05) is 13.7 Å². The van der Waals surface area contributed by atoms with E-state index >= 15 is 0 Å². The van der Waals surface area contributed by atoms with Gasteiger partial charge in [0.15, 0.2) is 11.5 Å². The van der Waals surface area contributed by atoms with E-state index in [1.807, 2.05) is 5.32 Å². The van der Waals surface area contributed by atoms with E-state index in [1.54, 1.807) is 30.3 Å². The summed E-state index contributed by atoms with van der Waals surface area (Å²) in [6, 6.07) is 11.9. The number of alkyl halides is 2. The lowest BCUT2D eigenvalue weighted by molar-refractivity contribution is -0.171. The molecule has 0 aromatic heterocycles. The van der Waals surface area contributed by atoms with Crippen LogP contribution < -0.4 is 14.8 Å². The van der Waals surface area contributed by atoms with Crippen molar-refractivity contribution >= 4 is 12.1 Å². The Bertz CT molecular complexity index is 798. The van der Waals surface area contributed by atoms with Crippen molar-refractivity contribution in [3.8, 4) is 11.5 Å². The number of carboxylic acid groups (broad SMARTS) is 1. The molecule has 7 nitrogen and oxygen atoms in total. The third kappa shape index (κ3) is 6.14. The zero-order valence-corrected chi connectivity index (χ0v) is 14.3. The largest absolute Gasteiger partial charge is 0.493 e. The SMILES string of the molecule is COc1cc(C(=O)O)ccc1OC(F)(F)CNC(=O)OCc1ccccc1. The number of amides is 1. The maximum Gasteiger partial charge on any atom is 0.415 e. The Morgan fingerprint density at radius 3 is 2.44 bits per heavy atom. The molecule has 2 aromatic carbocycles. The van der Waals surface area contributed by atoms with Gasteiger partial charge in [-0.25, -0.2) is 9.59 Å². The van der Waals surface area contributed by atoms with E-state index in [2.05, 4.69) is 4.74 Å². The molecule has 2 rings (SSSR count). The van der Waals surface area contributed by atoms with Crippen LogP contribution in [0.3, 0.4) is 0 Å². The fourth-order valence-electron chi connectivity index (χ4n) is 2.03. The van der Waals surface area contributed by atoms with Gasteiger partial charge in [-0.3, -0.25) is 0 Å². The van der Waals surface area contributed by atoms with Crippen molar-refractivity contribution in [1.29, 1.82) is 0 Å². The first kappa shape index (κ1) is 20.0. The van der Waals surface area contributed by atoms with E-state index in [0.717, 1.165) is 18.2 Å². The lowest BCUT2D eigenvalue weighted by Gasteiger charge is -2.20. The number of nitrogens with one attached hydrogen (secondary N) is 1. The Morgan fingerprint density at radius 2 is 1.81 bits per heavy atom. The number of benzene rings is 2. The maximum atomic E-state index is 13.9. The van der Waals surface area contributed by atoms with E-state index in [0.29, 0.717) is 5.56 Å². The molecule has 9 heteroatoms. The van der Waals surface area contributed by atoms with Gasteiger partial charge in [-0.1, -0.05) is 30.3 Å². The van der Waals surface area contributed by atoms with Gasteiger partial charge in [0, 0.05) is 0 Å². The lowest BCUT2D eigenvalue weighted by Crippen LogP contribution is -2.40. The first-order valence-corrected chi connectivity index (χ1v) is 7.73. The van der Waals surface area contributed by atoms with Gasteiger partial charge in [-0.2, -0.15) is 8.78 Å². The van der Waals surface area contributed by atoms with Crippen molar-refractivity contribution in [3.05, 3.63) is 59.7 Å². The lowest BCUT2D eigenvalue weighted by atomic mass is 10.2. The van der Waals surface area contributed by atoms with Gasteiger partial charge in [-0.05, 0) is 23.8 Å². The molecule has 2 N–H and O–H groups in total. The average Bonchev–Trinajstić information content (AvgIpc) is 2.65. The number of methoxy groups -OCH3 is 1. The first-order chi connectivity index (χ1) is 12.8. The molecular formula is C18H17F2NO6. The average molecular weight is 381 g/mol.